The molecule has 2 aromatic heterocycles. The number of fused-ring (bicyclic) bond motifs is 2. The van der Waals surface area contributed by atoms with Gasteiger partial charge in [-0.25, -0.2) is 9.97 Å². The number of hydrogen-bond acceptors (Lipinski definition) is 5. The first-order chi connectivity index (χ1) is 10.3. The number of aliphatic hydroxyl groups excluding tert-OH is 1. The fourth-order valence-electron chi connectivity index (χ4n) is 2.83. The molecule has 4 rings (SSSR count). The lowest BCUT2D eigenvalue weighted by atomic mass is 9.89. The maximum atomic E-state index is 10.1. The van der Waals surface area contributed by atoms with Crippen molar-refractivity contribution in [3.63, 3.8) is 0 Å². The second kappa shape index (κ2) is 5.09. The predicted octanol–water partition coefficient (Wildman–Crippen LogP) is 3.85. The van der Waals surface area contributed by atoms with Gasteiger partial charge in [0.05, 0.1) is 11.6 Å². The lowest BCUT2D eigenvalue weighted by Gasteiger charge is -2.23. The van der Waals surface area contributed by atoms with Crippen molar-refractivity contribution in [3.8, 4) is 11.6 Å². The molecule has 21 heavy (non-hydrogen) atoms. The first-order valence-electron chi connectivity index (χ1n) is 6.99. The van der Waals surface area contributed by atoms with Gasteiger partial charge in [0.15, 0.2) is 0 Å². The summed E-state index contributed by atoms with van der Waals surface area (Å²) >= 11 is 1.57. The van der Waals surface area contributed by atoms with Crippen LogP contribution in [-0.2, 0) is 6.42 Å². The van der Waals surface area contributed by atoms with Gasteiger partial charge in [-0.15, -0.1) is 11.3 Å². The number of thiophene rings is 1. The van der Waals surface area contributed by atoms with Gasteiger partial charge < -0.3 is 9.84 Å². The Bertz CT molecular complexity index is 800. The molecule has 0 unspecified atom stereocenters. The van der Waals surface area contributed by atoms with Gasteiger partial charge in [0.25, 0.3) is 0 Å². The van der Waals surface area contributed by atoms with Gasteiger partial charge in [0.1, 0.15) is 16.8 Å². The molecule has 0 amide bonds. The molecule has 0 fully saturated rings. The molecule has 3 aromatic rings. The van der Waals surface area contributed by atoms with E-state index in [9.17, 15) is 5.11 Å². The Hall–Kier alpha value is -1.98. The summed E-state index contributed by atoms with van der Waals surface area (Å²) < 4.78 is 7.00. The molecule has 106 valence electrons. The SMILES string of the molecule is O[C@@H]1CCCc2c(Oc3ncnc4ccsc34)cccc21. The minimum absolute atomic E-state index is 0.385. The molecule has 0 saturated heterocycles. The molecule has 5 heteroatoms. The Labute approximate surface area is 126 Å². The molecule has 2 heterocycles. The van der Waals surface area contributed by atoms with Crippen LogP contribution in [0.2, 0.25) is 0 Å². The van der Waals surface area contributed by atoms with E-state index in [0.29, 0.717) is 5.88 Å². The van der Waals surface area contributed by atoms with Crippen molar-refractivity contribution in [3.05, 3.63) is 47.1 Å². The molecule has 4 nitrogen and oxygen atoms in total. The molecule has 0 spiro atoms. The van der Waals surface area contributed by atoms with Crippen LogP contribution in [0.1, 0.15) is 30.1 Å². The van der Waals surface area contributed by atoms with Crippen LogP contribution in [0, 0.1) is 0 Å². The van der Waals surface area contributed by atoms with Crippen molar-refractivity contribution in [2.75, 3.05) is 0 Å². The van der Waals surface area contributed by atoms with E-state index in [4.69, 9.17) is 4.74 Å². The zero-order chi connectivity index (χ0) is 14.2. The summed E-state index contributed by atoms with van der Waals surface area (Å²) in [5.41, 5.74) is 2.98. The quantitative estimate of drug-likeness (QED) is 0.780. The van der Waals surface area contributed by atoms with Crippen LogP contribution in [0.4, 0.5) is 0 Å². The third-order valence-corrected chi connectivity index (χ3v) is 4.74. The van der Waals surface area contributed by atoms with Gasteiger partial charge in [-0.3, -0.25) is 0 Å². The van der Waals surface area contributed by atoms with Gasteiger partial charge in [-0.2, -0.15) is 0 Å². The molecule has 1 N–H and O–H groups in total. The maximum Gasteiger partial charge on any atom is 0.240 e. The number of aromatic nitrogens is 2. The van der Waals surface area contributed by atoms with Gasteiger partial charge in [0.2, 0.25) is 5.88 Å². The molecular formula is C16H14N2O2S. The first kappa shape index (κ1) is 12.7. The van der Waals surface area contributed by atoms with Crippen molar-refractivity contribution in [1.82, 2.24) is 9.97 Å². The third kappa shape index (κ3) is 2.18. The minimum atomic E-state index is -0.385. The molecule has 1 atom stereocenters. The van der Waals surface area contributed by atoms with E-state index >= 15 is 0 Å². The predicted molar refractivity (Wildman–Crippen MR) is 81.8 cm³/mol. The number of nitrogens with zero attached hydrogens (tertiary/aromatic N) is 2. The van der Waals surface area contributed by atoms with Gasteiger partial charge in [-0.05, 0) is 42.3 Å². The summed E-state index contributed by atoms with van der Waals surface area (Å²) in [6.07, 6.45) is 3.87. The Morgan fingerprint density at radius 2 is 2.19 bits per heavy atom. The van der Waals surface area contributed by atoms with E-state index < -0.39 is 0 Å². The monoisotopic (exact) mass is 298 g/mol. The van der Waals surface area contributed by atoms with Crippen molar-refractivity contribution < 1.29 is 9.84 Å². The summed E-state index contributed by atoms with van der Waals surface area (Å²) in [4.78, 5) is 8.48. The van der Waals surface area contributed by atoms with Gasteiger partial charge >= 0.3 is 0 Å². The molecule has 0 radical (unpaired) electrons. The number of hydrogen-bond donors (Lipinski definition) is 1. The zero-order valence-corrected chi connectivity index (χ0v) is 12.1. The standard InChI is InChI=1S/C16H14N2O2S/c19-13-5-1-4-11-10(13)3-2-6-14(11)20-16-15-12(7-8-21-15)17-9-18-16/h2-3,6-9,13,19H,1,4-5H2/t13-/m1/s1. The van der Waals surface area contributed by atoms with Crippen LogP contribution in [-0.4, -0.2) is 15.1 Å². The Morgan fingerprint density at radius 3 is 3.14 bits per heavy atom. The summed E-state index contributed by atoms with van der Waals surface area (Å²) in [5.74, 6) is 1.38. The highest BCUT2D eigenvalue weighted by atomic mass is 32.1. The molecule has 0 aliphatic heterocycles. The molecule has 1 aliphatic carbocycles. The van der Waals surface area contributed by atoms with Crippen molar-refractivity contribution in [2.24, 2.45) is 0 Å². The first-order valence-corrected chi connectivity index (χ1v) is 7.87. The lowest BCUT2D eigenvalue weighted by Crippen LogP contribution is -2.10. The molecule has 0 saturated carbocycles. The number of benzene rings is 1. The van der Waals surface area contributed by atoms with Crippen LogP contribution < -0.4 is 4.74 Å². The van der Waals surface area contributed by atoms with Crippen molar-refractivity contribution in [2.45, 2.75) is 25.4 Å². The Morgan fingerprint density at radius 1 is 1.24 bits per heavy atom. The fourth-order valence-corrected chi connectivity index (χ4v) is 3.60. The second-order valence-corrected chi connectivity index (χ2v) is 6.06. The van der Waals surface area contributed by atoms with Gasteiger partial charge in [0, 0.05) is 5.56 Å². The van der Waals surface area contributed by atoms with E-state index in [1.807, 2.05) is 29.6 Å². The zero-order valence-electron chi connectivity index (χ0n) is 11.3. The van der Waals surface area contributed by atoms with Crippen LogP contribution in [0.25, 0.3) is 10.2 Å². The average molecular weight is 298 g/mol. The van der Waals surface area contributed by atoms with Crippen LogP contribution in [0.5, 0.6) is 11.6 Å². The number of aliphatic hydroxyl groups is 1. The molecular weight excluding hydrogens is 284 g/mol. The van der Waals surface area contributed by atoms with E-state index in [2.05, 4.69) is 9.97 Å². The minimum Gasteiger partial charge on any atom is -0.437 e. The van der Waals surface area contributed by atoms with Gasteiger partial charge in [-0.1, -0.05) is 12.1 Å². The van der Waals surface area contributed by atoms with Crippen LogP contribution in [0.3, 0.4) is 0 Å². The number of ether oxygens (including phenoxy) is 1. The van der Waals surface area contributed by atoms with E-state index in [-0.39, 0.29) is 6.10 Å². The second-order valence-electron chi connectivity index (χ2n) is 5.15. The summed E-state index contributed by atoms with van der Waals surface area (Å²) in [7, 11) is 0. The molecule has 1 aromatic carbocycles. The Balaban J connectivity index is 1.78. The van der Waals surface area contributed by atoms with Crippen LogP contribution in [0.15, 0.2) is 36.0 Å². The molecule has 0 bridgehead atoms. The van der Waals surface area contributed by atoms with E-state index in [1.165, 1.54) is 6.33 Å². The maximum absolute atomic E-state index is 10.1. The lowest BCUT2D eigenvalue weighted by molar-refractivity contribution is 0.156. The average Bonchev–Trinajstić information content (AvgIpc) is 2.98. The smallest absolute Gasteiger partial charge is 0.240 e. The largest absolute Gasteiger partial charge is 0.437 e. The third-order valence-electron chi connectivity index (χ3n) is 3.85. The summed E-state index contributed by atoms with van der Waals surface area (Å²) in [6, 6.07) is 7.80. The van der Waals surface area contributed by atoms with Crippen molar-refractivity contribution >= 4 is 21.6 Å². The highest BCUT2D eigenvalue weighted by Crippen LogP contribution is 2.38. The summed E-state index contributed by atoms with van der Waals surface area (Å²) in [5, 5.41) is 12.1. The normalized spacial score (nSPS) is 17.7. The van der Waals surface area contributed by atoms with E-state index in [1.54, 1.807) is 11.3 Å². The van der Waals surface area contributed by atoms with Crippen LogP contribution >= 0.6 is 11.3 Å². The topological polar surface area (TPSA) is 55.2 Å². The van der Waals surface area contributed by atoms with E-state index in [0.717, 1.165) is 46.4 Å². The van der Waals surface area contributed by atoms with Crippen molar-refractivity contribution in [1.29, 1.82) is 0 Å². The highest BCUT2D eigenvalue weighted by Gasteiger charge is 2.21. The fraction of sp³-hybridized carbons (Fsp3) is 0.250. The number of rotatable bonds is 2. The summed E-state index contributed by atoms with van der Waals surface area (Å²) in [6.45, 7) is 0. The molecule has 1 aliphatic rings. The highest BCUT2D eigenvalue weighted by molar-refractivity contribution is 7.17. The Kier molecular flexibility index (Phi) is 3.09.